The lowest BCUT2D eigenvalue weighted by molar-refractivity contribution is -0.134. The Kier molecular flexibility index (Phi) is 5.17. The van der Waals surface area contributed by atoms with Gasteiger partial charge in [0.15, 0.2) is 0 Å². The molecule has 3 rings (SSSR count). The van der Waals surface area contributed by atoms with Crippen molar-refractivity contribution in [1.82, 2.24) is 24.6 Å². The Labute approximate surface area is 146 Å². The van der Waals surface area contributed by atoms with E-state index in [-0.39, 0.29) is 30.3 Å². The van der Waals surface area contributed by atoms with Crippen LogP contribution in [0, 0.1) is 0 Å². The minimum absolute atomic E-state index is 0.0281. The van der Waals surface area contributed by atoms with Gasteiger partial charge in [0.1, 0.15) is 0 Å². The summed E-state index contributed by atoms with van der Waals surface area (Å²) in [5, 5.41) is 18.6. The van der Waals surface area contributed by atoms with E-state index in [1.807, 2.05) is 24.6 Å². The first-order valence-electron chi connectivity index (χ1n) is 8.70. The van der Waals surface area contributed by atoms with Gasteiger partial charge in [0.2, 0.25) is 17.7 Å². The number of carbonyl (C=O) groups is 1. The van der Waals surface area contributed by atoms with Crippen LogP contribution >= 0.6 is 0 Å². The number of likely N-dealkylation sites (N-methyl/N-ethyl adjacent to an activating group) is 1. The van der Waals surface area contributed by atoms with E-state index >= 15 is 0 Å². The summed E-state index contributed by atoms with van der Waals surface area (Å²) >= 11 is 0. The number of aromatic nitrogens is 4. The largest absolute Gasteiger partial charge is 0.425 e. The molecule has 2 aromatic heterocycles. The molecule has 1 amide bonds. The second kappa shape index (κ2) is 7.35. The molecule has 1 fully saturated rings. The molecular formula is C17H25N5O3. The monoisotopic (exact) mass is 347 g/mol. The molecule has 2 aromatic rings. The quantitative estimate of drug-likeness (QED) is 0.851. The first-order chi connectivity index (χ1) is 12.0. The standard InChI is InChI=1S/C17H25N5O3/c1-11(2)17-20-19-14(25-17)6-7-15(23)21(3)12-4-5-13(16(12)24)22-9-8-18-10-22/h8-13,16,24H,4-7H2,1-3H3/t12-,13-,16-/m1/s1. The predicted octanol–water partition coefficient (Wildman–Crippen LogP) is 1.55. The molecule has 2 heterocycles. The fraction of sp³-hybridized carbons (Fsp3) is 0.647. The zero-order valence-electron chi connectivity index (χ0n) is 14.9. The fourth-order valence-corrected chi connectivity index (χ4v) is 3.33. The van der Waals surface area contributed by atoms with Crippen molar-refractivity contribution in [3.05, 3.63) is 30.5 Å². The van der Waals surface area contributed by atoms with Crippen molar-refractivity contribution in [3.8, 4) is 0 Å². The number of rotatable bonds is 6. The zero-order chi connectivity index (χ0) is 18.0. The van der Waals surface area contributed by atoms with Crippen molar-refractivity contribution in [2.24, 2.45) is 0 Å². The third-order valence-corrected chi connectivity index (χ3v) is 4.87. The Morgan fingerprint density at radius 2 is 2.24 bits per heavy atom. The van der Waals surface area contributed by atoms with E-state index in [1.54, 1.807) is 24.5 Å². The van der Waals surface area contributed by atoms with Crippen molar-refractivity contribution in [3.63, 3.8) is 0 Å². The van der Waals surface area contributed by atoms with Gasteiger partial charge in [-0.2, -0.15) is 0 Å². The van der Waals surface area contributed by atoms with Gasteiger partial charge in [0, 0.05) is 38.2 Å². The summed E-state index contributed by atoms with van der Waals surface area (Å²) in [5.74, 6) is 1.21. The number of aryl methyl sites for hydroxylation is 1. The molecule has 1 aliphatic rings. The molecule has 8 nitrogen and oxygen atoms in total. The molecule has 136 valence electrons. The summed E-state index contributed by atoms with van der Waals surface area (Å²) in [5.41, 5.74) is 0. The summed E-state index contributed by atoms with van der Waals surface area (Å²) < 4.78 is 7.45. The van der Waals surface area contributed by atoms with E-state index in [4.69, 9.17) is 4.42 Å². The van der Waals surface area contributed by atoms with Crippen molar-refractivity contribution in [2.45, 2.75) is 63.6 Å². The highest BCUT2D eigenvalue weighted by molar-refractivity contribution is 5.76. The SMILES string of the molecule is CC(C)c1nnc(CCC(=O)N(C)[C@@H]2CC[C@@H](n3ccnc3)[C@@H]2O)o1. The third kappa shape index (κ3) is 3.73. The molecule has 0 aromatic carbocycles. The van der Waals surface area contributed by atoms with Crippen LogP contribution < -0.4 is 0 Å². The number of carbonyl (C=O) groups excluding carboxylic acids is 1. The zero-order valence-corrected chi connectivity index (χ0v) is 14.9. The summed E-state index contributed by atoms with van der Waals surface area (Å²) in [7, 11) is 1.75. The Bertz CT molecular complexity index is 697. The van der Waals surface area contributed by atoms with Crippen molar-refractivity contribution < 1.29 is 14.3 Å². The predicted molar refractivity (Wildman–Crippen MR) is 89.8 cm³/mol. The van der Waals surface area contributed by atoms with Gasteiger partial charge >= 0.3 is 0 Å². The topological polar surface area (TPSA) is 97.3 Å². The van der Waals surface area contributed by atoms with Gasteiger partial charge in [0.05, 0.1) is 24.5 Å². The van der Waals surface area contributed by atoms with Gasteiger partial charge < -0.3 is 19.0 Å². The van der Waals surface area contributed by atoms with Crippen LogP contribution in [0.3, 0.4) is 0 Å². The lowest BCUT2D eigenvalue weighted by Crippen LogP contribution is -2.43. The molecule has 0 bridgehead atoms. The second-order valence-corrected chi connectivity index (χ2v) is 6.91. The molecular weight excluding hydrogens is 322 g/mol. The summed E-state index contributed by atoms with van der Waals surface area (Å²) in [6.07, 6.45) is 6.95. The molecule has 0 spiro atoms. The van der Waals surface area contributed by atoms with Crippen LogP contribution in [0.5, 0.6) is 0 Å². The summed E-state index contributed by atoms with van der Waals surface area (Å²) in [6, 6.07) is -0.221. The van der Waals surface area contributed by atoms with E-state index in [2.05, 4.69) is 15.2 Å². The molecule has 0 radical (unpaired) electrons. The maximum absolute atomic E-state index is 12.5. The van der Waals surface area contributed by atoms with Crippen molar-refractivity contribution >= 4 is 5.91 Å². The number of imidazole rings is 1. The maximum Gasteiger partial charge on any atom is 0.223 e. The van der Waals surface area contributed by atoms with Crippen LogP contribution in [-0.4, -0.2) is 54.9 Å². The maximum atomic E-state index is 12.5. The molecule has 0 aliphatic heterocycles. The number of hydrogen-bond donors (Lipinski definition) is 1. The van der Waals surface area contributed by atoms with Crippen LogP contribution in [0.25, 0.3) is 0 Å². The molecule has 0 unspecified atom stereocenters. The molecule has 8 heteroatoms. The molecule has 25 heavy (non-hydrogen) atoms. The normalized spacial score (nSPS) is 23.3. The average molecular weight is 347 g/mol. The van der Waals surface area contributed by atoms with Gasteiger partial charge in [-0.3, -0.25) is 4.79 Å². The van der Waals surface area contributed by atoms with E-state index in [1.165, 1.54) is 0 Å². The smallest absolute Gasteiger partial charge is 0.223 e. The lowest BCUT2D eigenvalue weighted by Gasteiger charge is -2.29. The fourth-order valence-electron chi connectivity index (χ4n) is 3.33. The third-order valence-electron chi connectivity index (χ3n) is 4.87. The second-order valence-electron chi connectivity index (χ2n) is 6.91. The number of nitrogens with zero attached hydrogens (tertiary/aromatic N) is 5. The van der Waals surface area contributed by atoms with E-state index in [0.29, 0.717) is 18.2 Å². The Hall–Kier alpha value is -2.22. The Morgan fingerprint density at radius 1 is 1.44 bits per heavy atom. The number of hydrogen-bond acceptors (Lipinski definition) is 6. The van der Waals surface area contributed by atoms with Crippen LogP contribution in [0.2, 0.25) is 0 Å². The molecule has 1 aliphatic carbocycles. The lowest BCUT2D eigenvalue weighted by atomic mass is 10.1. The molecule has 3 atom stereocenters. The summed E-state index contributed by atoms with van der Waals surface area (Å²) in [6.45, 7) is 3.96. The first-order valence-corrected chi connectivity index (χ1v) is 8.70. The average Bonchev–Trinajstić information content (AvgIpc) is 3.32. The van der Waals surface area contributed by atoms with Crippen LogP contribution in [-0.2, 0) is 11.2 Å². The van der Waals surface area contributed by atoms with Crippen molar-refractivity contribution in [1.29, 1.82) is 0 Å². The molecule has 1 saturated carbocycles. The van der Waals surface area contributed by atoms with Gasteiger partial charge in [-0.1, -0.05) is 13.8 Å². The van der Waals surface area contributed by atoms with Gasteiger partial charge in [-0.15, -0.1) is 10.2 Å². The highest BCUT2D eigenvalue weighted by Crippen LogP contribution is 2.33. The van der Waals surface area contributed by atoms with Crippen LogP contribution in [0.1, 0.15) is 56.9 Å². The van der Waals surface area contributed by atoms with E-state index in [0.717, 1.165) is 12.8 Å². The summed E-state index contributed by atoms with van der Waals surface area (Å²) in [4.78, 5) is 18.2. The molecule has 0 saturated heterocycles. The molecule has 1 N–H and O–H groups in total. The number of amides is 1. The minimum atomic E-state index is -0.598. The highest BCUT2D eigenvalue weighted by Gasteiger charge is 2.39. The van der Waals surface area contributed by atoms with Gasteiger partial charge in [-0.25, -0.2) is 4.98 Å². The van der Waals surface area contributed by atoms with Gasteiger partial charge in [0.25, 0.3) is 0 Å². The van der Waals surface area contributed by atoms with Gasteiger partial charge in [-0.05, 0) is 12.8 Å². The first kappa shape index (κ1) is 17.6. The van der Waals surface area contributed by atoms with E-state index < -0.39 is 6.10 Å². The van der Waals surface area contributed by atoms with Crippen LogP contribution in [0.4, 0.5) is 0 Å². The number of aliphatic hydroxyl groups excluding tert-OH is 1. The Morgan fingerprint density at radius 3 is 2.88 bits per heavy atom. The highest BCUT2D eigenvalue weighted by atomic mass is 16.4. The minimum Gasteiger partial charge on any atom is -0.425 e. The van der Waals surface area contributed by atoms with Crippen LogP contribution in [0.15, 0.2) is 23.1 Å². The van der Waals surface area contributed by atoms with Crippen molar-refractivity contribution in [2.75, 3.05) is 7.05 Å². The van der Waals surface area contributed by atoms with E-state index in [9.17, 15) is 9.90 Å². The number of aliphatic hydroxyl groups is 1. The Balaban J connectivity index is 1.55.